The Hall–Kier alpha value is -0.810. The van der Waals surface area contributed by atoms with E-state index >= 15 is 0 Å². The number of carbonyl (C=O) groups excluding carboxylic acids is 1. The molecule has 1 aliphatic heterocycles. The average Bonchev–Trinajstić information content (AvgIpc) is 2.83. The summed E-state index contributed by atoms with van der Waals surface area (Å²) in [5.74, 6) is 0.143. The maximum atomic E-state index is 11.9. The number of amides is 1. The van der Waals surface area contributed by atoms with Gasteiger partial charge >= 0.3 is 0 Å². The molecule has 25 heavy (non-hydrogen) atoms. The van der Waals surface area contributed by atoms with E-state index in [4.69, 9.17) is 0 Å². The molecule has 0 bridgehead atoms. The van der Waals surface area contributed by atoms with Gasteiger partial charge in [0.15, 0.2) is 0 Å². The third kappa shape index (κ3) is 9.45. The molecule has 0 saturated carbocycles. The topological polar surface area (TPSA) is 44.4 Å². The van der Waals surface area contributed by atoms with Crippen LogP contribution in [0.3, 0.4) is 0 Å². The van der Waals surface area contributed by atoms with Gasteiger partial charge < -0.3 is 10.6 Å². The number of halogens is 2. The molecule has 0 atom stereocenters. The first-order valence-electron chi connectivity index (χ1n) is 9.00. The molecule has 1 saturated heterocycles. The molecule has 1 aromatic rings. The van der Waals surface area contributed by atoms with Gasteiger partial charge in [0.1, 0.15) is 0 Å². The van der Waals surface area contributed by atoms with E-state index in [1.54, 1.807) is 0 Å². The highest BCUT2D eigenvalue weighted by Gasteiger charge is 2.12. The highest BCUT2D eigenvalue weighted by atomic mass is 35.5. The summed E-state index contributed by atoms with van der Waals surface area (Å²) in [6, 6.07) is 8.51. The largest absolute Gasteiger partial charge is 0.352 e. The fraction of sp³-hybridized carbons (Fsp3) is 0.632. The second-order valence-corrected chi connectivity index (χ2v) is 6.44. The summed E-state index contributed by atoms with van der Waals surface area (Å²) in [6.45, 7) is 4.93. The van der Waals surface area contributed by atoms with Gasteiger partial charge in [-0.25, -0.2) is 0 Å². The van der Waals surface area contributed by atoms with Gasteiger partial charge in [-0.2, -0.15) is 0 Å². The number of likely N-dealkylation sites (tertiary alicyclic amines) is 1. The van der Waals surface area contributed by atoms with Gasteiger partial charge in [-0.3, -0.25) is 9.69 Å². The van der Waals surface area contributed by atoms with Crippen LogP contribution in [0, 0.1) is 0 Å². The number of carbonyl (C=O) groups is 1. The number of hydrogen-bond donors (Lipinski definition) is 2. The predicted octanol–water partition coefficient (Wildman–Crippen LogP) is 3.52. The molecule has 2 N–H and O–H groups in total. The van der Waals surface area contributed by atoms with Crippen molar-refractivity contribution >= 4 is 30.7 Å². The van der Waals surface area contributed by atoms with Gasteiger partial charge in [0, 0.05) is 19.5 Å². The van der Waals surface area contributed by atoms with Gasteiger partial charge in [0.2, 0.25) is 5.91 Å². The third-order valence-corrected chi connectivity index (χ3v) is 4.52. The van der Waals surface area contributed by atoms with Crippen LogP contribution in [0.2, 0.25) is 0 Å². The highest BCUT2D eigenvalue weighted by Crippen LogP contribution is 2.16. The van der Waals surface area contributed by atoms with Crippen molar-refractivity contribution in [3.63, 3.8) is 0 Å². The lowest BCUT2D eigenvalue weighted by Crippen LogP contribution is -2.27. The molecule has 1 aliphatic rings. The van der Waals surface area contributed by atoms with Crippen LogP contribution in [0.1, 0.15) is 49.7 Å². The molecule has 0 aliphatic carbocycles. The smallest absolute Gasteiger partial charge is 0.220 e. The molecule has 4 nitrogen and oxygen atoms in total. The second-order valence-electron chi connectivity index (χ2n) is 6.44. The Morgan fingerprint density at radius 1 is 1.04 bits per heavy atom. The van der Waals surface area contributed by atoms with E-state index in [1.165, 1.54) is 49.9 Å². The number of hydrogen-bond acceptors (Lipinski definition) is 3. The Labute approximate surface area is 164 Å². The van der Waals surface area contributed by atoms with Crippen LogP contribution in [-0.2, 0) is 17.9 Å². The molecular weight excluding hydrogens is 357 g/mol. The van der Waals surface area contributed by atoms with Crippen molar-refractivity contribution in [3.8, 4) is 0 Å². The molecule has 0 spiro atoms. The van der Waals surface area contributed by atoms with Gasteiger partial charge in [0.25, 0.3) is 0 Å². The Kier molecular flexibility index (Phi) is 13.9. The zero-order chi connectivity index (χ0) is 16.3. The number of nitrogens with one attached hydrogen (secondary N) is 2. The first-order valence-corrected chi connectivity index (χ1v) is 9.00. The van der Waals surface area contributed by atoms with Crippen molar-refractivity contribution in [1.29, 1.82) is 0 Å². The minimum absolute atomic E-state index is 0. The lowest BCUT2D eigenvalue weighted by molar-refractivity contribution is -0.121. The van der Waals surface area contributed by atoms with Crippen molar-refractivity contribution in [2.75, 3.05) is 26.7 Å². The van der Waals surface area contributed by atoms with Crippen molar-refractivity contribution in [2.24, 2.45) is 0 Å². The van der Waals surface area contributed by atoms with Gasteiger partial charge in [-0.05, 0) is 57.1 Å². The van der Waals surface area contributed by atoms with Crippen LogP contribution >= 0.6 is 24.8 Å². The molecule has 2 rings (SSSR count). The Bertz CT molecular complexity index is 477. The fourth-order valence-corrected chi connectivity index (χ4v) is 3.13. The Balaban J connectivity index is 0.00000288. The summed E-state index contributed by atoms with van der Waals surface area (Å²) < 4.78 is 0. The fourth-order valence-electron chi connectivity index (χ4n) is 3.13. The summed E-state index contributed by atoms with van der Waals surface area (Å²) in [5, 5.41) is 6.13. The van der Waals surface area contributed by atoms with Crippen LogP contribution in [0.15, 0.2) is 24.3 Å². The van der Waals surface area contributed by atoms with Crippen LogP contribution in [0.25, 0.3) is 0 Å². The number of rotatable bonds is 8. The number of benzene rings is 1. The molecule has 0 aromatic heterocycles. The summed E-state index contributed by atoms with van der Waals surface area (Å²) in [4.78, 5) is 14.4. The summed E-state index contributed by atoms with van der Waals surface area (Å²) in [5.41, 5.74) is 2.60. The minimum Gasteiger partial charge on any atom is -0.352 e. The molecule has 1 fully saturated rings. The maximum absolute atomic E-state index is 11.9. The van der Waals surface area contributed by atoms with Gasteiger partial charge in [0.05, 0.1) is 0 Å². The van der Waals surface area contributed by atoms with Crippen LogP contribution in [-0.4, -0.2) is 37.5 Å². The lowest BCUT2D eigenvalue weighted by atomic mass is 10.1. The minimum atomic E-state index is 0. The summed E-state index contributed by atoms with van der Waals surface area (Å²) in [6.07, 6.45) is 6.82. The van der Waals surface area contributed by atoms with E-state index < -0.39 is 0 Å². The molecule has 6 heteroatoms. The molecule has 1 aromatic carbocycles. The van der Waals surface area contributed by atoms with Crippen LogP contribution < -0.4 is 10.6 Å². The second kappa shape index (κ2) is 14.4. The zero-order valence-corrected chi connectivity index (χ0v) is 16.9. The SMILES string of the molecule is CNCCCC(=O)NCc1ccccc1CN1CCCCCC1.Cl.Cl. The molecule has 1 amide bonds. The molecule has 0 unspecified atom stereocenters. The van der Waals surface area contributed by atoms with Gasteiger partial charge in [-0.1, -0.05) is 37.1 Å². The van der Waals surface area contributed by atoms with E-state index in [0.717, 1.165) is 19.5 Å². The Morgan fingerprint density at radius 2 is 1.68 bits per heavy atom. The molecule has 0 radical (unpaired) electrons. The molecular formula is C19H33Cl2N3O. The van der Waals surface area contributed by atoms with Crippen molar-refractivity contribution < 1.29 is 4.79 Å². The highest BCUT2D eigenvalue weighted by molar-refractivity contribution is 5.85. The first-order chi connectivity index (χ1) is 11.3. The van der Waals surface area contributed by atoms with E-state index in [1.807, 2.05) is 7.05 Å². The van der Waals surface area contributed by atoms with E-state index in [2.05, 4.69) is 39.8 Å². The summed E-state index contributed by atoms with van der Waals surface area (Å²) >= 11 is 0. The van der Waals surface area contributed by atoms with E-state index in [9.17, 15) is 4.79 Å². The quantitative estimate of drug-likeness (QED) is 0.668. The average molecular weight is 390 g/mol. The van der Waals surface area contributed by atoms with Crippen LogP contribution in [0.4, 0.5) is 0 Å². The van der Waals surface area contributed by atoms with Crippen molar-refractivity contribution in [2.45, 2.75) is 51.6 Å². The first kappa shape index (κ1) is 24.2. The number of nitrogens with zero attached hydrogens (tertiary/aromatic N) is 1. The standard InChI is InChI=1S/C19H31N3O.2ClH/c1-20-12-8-11-19(23)21-15-17-9-4-5-10-18(17)16-22-13-6-2-3-7-14-22;;/h4-5,9-10,20H,2-3,6-8,11-16H2,1H3,(H,21,23);2*1H. The van der Waals surface area contributed by atoms with Crippen LogP contribution in [0.5, 0.6) is 0 Å². The zero-order valence-electron chi connectivity index (χ0n) is 15.3. The lowest BCUT2D eigenvalue weighted by Gasteiger charge is -2.21. The van der Waals surface area contributed by atoms with Crippen molar-refractivity contribution in [3.05, 3.63) is 35.4 Å². The predicted molar refractivity (Wildman–Crippen MR) is 110 cm³/mol. The van der Waals surface area contributed by atoms with Crippen molar-refractivity contribution in [1.82, 2.24) is 15.5 Å². The third-order valence-electron chi connectivity index (χ3n) is 4.52. The molecule has 1 heterocycles. The molecule has 144 valence electrons. The van der Waals surface area contributed by atoms with E-state index in [-0.39, 0.29) is 30.7 Å². The van der Waals surface area contributed by atoms with E-state index in [0.29, 0.717) is 13.0 Å². The maximum Gasteiger partial charge on any atom is 0.220 e. The Morgan fingerprint density at radius 3 is 2.32 bits per heavy atom. The summed E-state index contributed by atoms with van der Waals surface area (Å²) in [7, 11) is 1.91. The monoisotopic (exact) mass is 389 g/mol. The van der Waals surface area contributed by atoms with Gasteiger partial charge in [-0.15, -0.1) is 24.8 Å². The normalized spacial score (nSPS) is 14.8.